The van der Waals surface area contributed by atoms with Gasteiger partial charge in [-0.05, 0) is 37.3 Å². The molecule has 4 nitrogen and oxygen atoms in total. The van der Waals surface area contributed by atoms with Gasteiger partial charge in [0.15, 0.2) is 5.82 Å². The molecule has 3 aromatic rings. The van der Waals surface area contributed by atoms with Crippen molar-refractivity contribution >= 4 is 11.0 Å². The maximum Gasteiger partial charge on any atom is 0.151 e. The molecular formula is C17H14FN3O. The van der Waals surface area contributed by atoms with Crippen molar-refractivity contribution in [2.75, 3.05) is 0 Å². The van der Waals surface area contributed by atoms with Crippen molar-refractivity contribution in [3.8, 4) is 11.8 Å². The summed E-state index contributed by atoms with van der Waals surface area (Å²) in [4.78, 5) is 4.34. The molecular weight excluding hydrogens is 281 g/mol. The summed E-state index contributed by atoms with van der Waals surface area (Å²) in [7, 11) is 0. The molecule has 0 unspecified atom stereocenters. The van der Waals surface area contributed by atoms with E-state index in [-0.39, 0.29) is 12.4 Å². The van der Waals surface area contributed by atoms with Gasteiger partial charge in [-0.25, -0.2) is 9.37 Å². The first kappa shape index (κ1) is 14.1. The molecule has 0 amide bonds. The van der Waals surface area contributed by atoms with Gasteiger partial charge >= 0.3 is 0 Å². The fourth-order valence-corrected chi connectivity index (χ4v) is 2.43. The van der Waals surface area contributed by atoms with Crippen molar-refractivity contribution in [3.05, 3.63) is 59.7 Å². The standard InChI is InChI=1S/C17H14FN3O/c1-2-21-15-8-4-7-14(18)17(15)20-16(21)11-22-13-6-3-5-12(9-13)10-19/h3-9H,2,11H2,1H3. The maximum atomic E-state index is 13.8. The Hall–Kier alpha value is -2.87. The van der Waals surface area contributed by atoms with Gasteiger partial charge < -0.3 is 9.30 Å². The lowest BCUT2D eigenvalue weighted by Gasteiger charge is -2.08. The molecule has 0 radical (unpaired) electrons. The lowest BCUT2D eigenvalue weighted by molar-refractivity contribution is 0.290. The average molecular weight is 295 g/mol. The van der Waals surface area contributed by atoms with E-state index >= 15 is 0 Å². The van der Waals surface area contributed by atoms with Crippen LogP contribution < -0.4 is 4.74 Å². The molecule has 110 valence electrons. The number of ether oxygens (including phenoxy) is 1. The van der Waals surface area contributed by atoms with Gasteiger partial charge in [0.05, 0.1) is 17.1 Å². The monoisotopic (exact) mass is 295 g/mol. The highest BCUT2D eigenvalue weighted by atomic mass is 19.1. The highest BCUT2D eigenvalue weighted by molar-refractivity contribution is 5.76. The zero-order valence-electron chi connectivity index (χ0n) is 12.1. The topological polar surface area (TPSA) is 50.8 Å². The molecule has 3 rings (SSSR count). The molecule has 0 N–H and O–H groups in total. The molecule has 1 aromatic heterocycles. The Morgan fingerprint density at radius 2 is 2.09 bits per heavy atom. The number of rotatable bonds is 4. The first-order valence-electron chi connectivity index (χ1n) is 6.99. The molecule has 1 heterocycles. The number of aryl methyl sites for hydroxylation is 1. The minimum Gasteiger partial charge on any atom is -0.486 e. The second kappa shape index (κ2) is 5.86. The molecule has 0 bridgehead atoms. The molecule has 0 fully saturated rings. The van der Waals surface area contributed by atoms with E-state index in [9.17, 15) is 4.39 Å². The quantitative estimate of drug-likeness (QED) is 0.738. The van der Waals surface area contributed by atoms with Gasteiger partial charge in [0, 0.05) is 6.54 Å². The third-order valence-electron chi connectivity index (χ3n) is 3.46. The zero-order valence-corrected chi connectivity index (χ0v) is 12.1. The van der Waals surface area contributed by atoms with E-state index in [4.69, 9.17) is 10.00 Å². The molecule has 0 atom stereocenters. The van der Waals surface area contributed by atoms with Crippen LogP contribution in [0.1, 0.15) is 18.3 Å². The van der Waals surface area contributed by atoms with Crippen LogP contribution in [0, 0.1) is 17.1 Å². The van der Waals surface area contributed by atoms with Crippen LogP contribution >= 0.6 is 0 Å². The van der Waals surface area contributed by atoms with Crippen LogP contribution in [0.2, 0.25) is 0 Å². The lowest BCUT2D eigenvalue weighted by atomic mass is 10.2. The van der Waals surface area contributed by atoms with Gasteiger partial charge in [-0.1, -0.05) is 12.1 Å². The SMILES string of the molecule is CCn1c(COc2cccc(C#N)c2)nc2c(F)cccc21. The number of para-hydroxylation sites is 1. The van der Waals surface area contributed by atoms with Crippen molar-refractivity contribution in [3.63, 3.8) is 0 Å². The van der Waals surface area contributed by atoms with Crippen LogP contribution in [0.3, 0.4) is 0 Å². The van der Waals surface area contributed by atoms with Crippen LogP contribution in [0.15, 0.2) is 42.5 Å². The number of imidazole rings is 1. The Kier molecular flexibility index (Phi) is 3.75. The van der Waals surface area contributed by atoms with E-state index in [0.29, 0.717) is 29.2 Å². The largest absolute Gasteiger partial charge is 0.486 e. The second-order valence-corrected chi connectivity index (χ2v) is 4.81. The molecule has 22 heavy (non-hydrogen) atoms. The predicted molar refractivity (Wildman–Crippen MR) is 80.9 cm³/mol. The number of nitriles is 1. The zero-order chi connectivity index (χ0) is 15.5. The summed E-state index contributed by atoms with van der Waals surface area (Å²) in [5.41, 5.74) is 1.65. The van der Waals surface area contributed by atoms with E-state index < -0.39 is 0 Å². The van der Waals surface area contributed by atoms with Gasteiger partial charge in [-0.15, -0.1) is 0 Å². The summed E-state index contributed by atoms with van der Waals surface area (Å²) < 4.78 is 21.4. The number of aromatic nitrogens is 2. The molecule has 2 aromatic carbocycles. The van der Waals surface area contributed by atoms with E-state index in [1.165, 1.54) is 6.07 Å². The number of hydrogen-bond donors (Lipinski definition) is 0. The first-order valence-corrected chi connectivity index (χ1v) is 6.99. The summed E-state index contributed by atoms with van der Waals surface area (Å²) in [6.45, 7) is 2.87. The number of hydrogen-bond acceptors (Lipinski definition) is 3. The first-order chi connectivity index (χ1) is 10.7. The summed E-state index contributed by atoms with van der Waals surface area (Å²) in [6, 6.07) is 13.9. The van der Waals surface area contributed by atoms with Crippen molar-refractivity contribution in [2.24, 2.45) is 0 Å². The van der Waals surface area contributed by atoms with Crippen molar-refractivity contribution in [1.82, 2.24) is 9.55 Å². The van der Waals surface area contributed by atoms with Gasteiger partial charge in [0.25, 0.3) is 0 Å². The van der Waals surface area contributed by atoms with Crippen LogP contribution in [0.5, 0.6) is 5.75 Å². The van der Waals surface area contributed by atoms with Crippen molar-refractivity contribution in [1.29, 1.82) is 5.26 Å². The van der Waals surface area contributed by atoms with Gasteiger partial charge in [0.1, 0.15) is 23.7 Å². The lowest BCUT2D eigenvalue weighted by Crippen LogP contribution is -2.06. The van der Waals surface area contributed by atoms with Crippen molar-refractivity contribution in [2.45, 2.75) is 20.1 Å². The van der Waals surface area contributed by atoms with E-state index in [1.54, 1.807) is 30.3 Å². The minimum atomic E-state index is -0.336. The fraction of sp³-hybridized carbons (Fsp3) is 0.176. The average Bonchev–Trinajstić information content (AvgIpc) is 2.92. The summed E-state index contributed by atoms with van der Waals surface area (Å²) in [6.07, 6.45) is 0. The molecule has 0 aliphatic heterocycles. The smallest absolute Gasteiger partial charge is 0.151 e. The number of benzene rings is 2. The summed E-state index contributed by atoms with van der Waals surface area (Å²) in [5, 5.41) is 8.89. The Morgan fingerprint density at radius 3 is 2.86 bits per heavy atom. The van der Waals surface area contributed by atoms with Crippen LogP contribution in [-0.2, 0) is 13.2 Å². The summed E-state index contributed by atoms with van der Waals surface area (Å²) in [5.74, 6) is 0.914. The highest BCUT2D eigenvalue weighted by Crippen LogP contribution is 2.21. The normalized spacial score (nSPS) is 10.6. The van der Waals surface area contributed by atoms with Gasteiger partial charge in [0.2, 0.25) is 0 Å². The molecule has 0 aliphatic rings. The third kappa shape index (κ3) is 2.51. The Bertz CT molecular complexity index is 864. The van der Waals surface area contributed by atoms with Gasteiger partial charge in [-0.2, -0.15) is 5.26 Å². The number of nitrogens with zero attached hydrogens (tertiary/aromatic N) is 3. The Morgan fingerprint density at radius 1 is 1.27 bits per heavy atom. The van der Waals surface area contributed by atoms with Gasteiger partial charge in [-0.3, -0.25) is 0 Å². The number of halogens is 1. The highest BCUT2D eigenvalue weighted by Gasteiger charge is 2.13. The van der Waals surface area contributed by atoms with E-state index in [0.717, 1.165) is 5.52 Å². The second-order valence-electron chi connectivity index (χ2n) is 4.81. The third-order valence-corrected chi connectivity index (χ3v) is 3.46. The van der Waals surface area contributed by atoms with Crippen LogP contribution in [0.25, 0.3) is 11.0 Å². The van der Waals surface area contributed by atoms with E-state index in [2.05, 4.69) is 11.1 Å². The molecule has 5 heteroatoms. The molecule has 0 spiro atoms. The Balaban J connectivity index is 1.90. The molecule has 0 saturated carbocycles. The Labute approximate surface area is 127 Å². The van der Waals surface area contributed by atoms with Crippen LogP contribution in [-0.4, -0.2) is 9.55 Å². The number of fused-ring (bicyclic) bond motifs is 1. The molecule has 0 aliphatic carbocycles. The van der Waals surface area contributed by atoms with Crippen LogP contribution in [0.4, 0.5) is 4.39 Å². The maximum absolute atomic E-state index is 13.8. The minimum absolute atomic E-state index is 0.219. The van der Waals surface area contributed by atoms with E-state index in [1.807, 2.05) is 17.6 Å². The molecule has 0 saturated heterocycles. The predicted octanol–water partition coefficient (Wildman–Crippen LogP) is 3.65. The fourth-order valence-electron chi connectivity index (χ4n) is 2.43. The van der Waals surface area contributed by atoms with Crippen molar-refractivity contribution < 1.29 is 9.13 Å². The summed E-state index contributed by atoms with van der Waals surface area (Å²) >= 11 is 0.